The quantitative estimate of drug-likeness (QED) is 0.807. The third-order valence-corrected chi connectivity index (χ3v) is 2.77. The van der Waals surface area contributed by atoms with Gasteiger partial charge < -0.3 is 10.1 Å². The van der Waals surface area contributed by atoms with Gasteiger partial charge in [-0.25, -0.2) is 4.79 Å². The van der Waals surface area contributed by atoms with Gasteiger partial charge in [-0.3, -0.25) is 4.21 Å². The van der Waals surface area contributed by atoms with Crippen LogP contribution in [0, 0.1) is 0 Å². The molecule has 0 heterocycles. The summed E-state index contributed by atoms with van der Waals surface area (Å²) in [4.78, 5) is 10.7. The van der Waals surface area contributed by atoms with Gasteiger partial charge in [0.25, 0.3) is 0 Å². The summed E-state index contributed by atoms with van der Waals surface area (Å²) in [6.07, 6.45) is -4.26. The minimum atomic E-state index is -4.53. The first-order valence-electron chi connectivity index (χ1n) is 4.02. The predicted molar refractivity (Wildman–Crippen MR) is 48.9 cm³/mol. The summed E-state index contributed by atoms with van der Waals surface area (Å²) in [5.41, 5.74) is 0. The van der Waals surface area contributed by atoms with Gasteiger partial charge in [-0.15, -0.1) is 0 Å². The summed E-state index contributed by atoms with van der Waals surface area (Å²) in [5, 5.41) is 1.75. The van der Waals surface area contributed by atoms with Crippen LogP contribution in [0.15, 0.2) is 0 Å². The molecular weight excluding hydrogens is 235 g/mol. The molecule has 1 amide bonds. The Bertz CT molecular complexity index is 244. The van der Waals surface area contributed by atoms with E-state index >= 15 is 0 Å². The number of alkyl carbamates (subject to hydrolysis) is 1. The third kappa shape index (κ3) is 8.22. The number of halogens is 3. The summed E-state index contributed by atoms with van der Waals surface area (Å²) in [5.74, 6) is 0. The van der Waals surface area contributed by atoms with Crippen molar-refractivity contribution < 1.29 is 26.9 Å². The lowest BCUT2D eigenvalue weighted by molar-refractivity contribution is -0.160. The minimum absolute atomic E-state index is 0.0137. The Morgan fingerprint density at radius 1 is 1.53 bits per heavy atom. The van der Waals surface area contributed by atoms with Crippen molar-refractivity contribution in [2.75, 3.05) is 19.4 Å². The Morgan fingerprint density at radius 3 is 2.47 bits per heavy atom. The zero-order valence-electron chi connectivity index (χ0n) is 8.26. The van der Waals surface area contributed by atoms with E-state index < -0.39 is 29.7 Å². The molecule has 1 N–H and O–H groups in total. The first-order valence-corrected chi connectivity index (χ1v) is 5.64. The maximum Gasteiger partial charge on any atom is 0.422 e. The molecule has 0 aliphatic heterocycles. The number of amides is 1. The summed E-state index contributed by atoms with van der Waals surface area (Å²) in [6.45, 7) is -0.0115. The van der Waals surface area contributed by atoms with E-state index in [4.69, 9.17) is 0 Å². The molecule has 0 fully saturated rings. The van der Waals surface area contributed by atoms with E-state index in [0.717, 1.165) is 0 Å². The number of alkyl halides is 3. The molecule has 0 saturated heterocycles. The van der Waals surface area contributed by atoms with E-state index in [0.29, 0.717) is 0 Å². The van der Waals surface area contributed by atoms with Crippen LogP contribution in [0.4, 0.5) is 18.0 Å². The van der Waals surface area contributed by atoms with E-state index in [1.807, 2.05) is 0 Å². The van der Waals surface area contributed by atoms with Gasteiger partial charge in [-0.1, -0.05) is 0 Å². The Hall–Kier alpha value is -0.790. The third-order valence-electron chi connectivity index (χ3n) is 1.47. The lowest BCUT2D eigenvalue weighted by Crippen LogP contribution is -2.34. The molecule has 0 spiro atoms. The smallest absolute Gasteiger partial charge is 0.422 e. The Balaban J connectivity index is 3.72. The summed E-state index contributed by atoms with van der Waals surface area (Å²) in [7, 11) is -1.14. The van der Waals surface area contributed by atoms with Crippen molar-refractivity contribution in [3.05, 3.63) is 0 Å². The van der Waals surface area contributed by atoms with Crippen LogP contribution in [0.25, 0.3) is 0 Å². The predicted octanol–water partition coefficient (Wildman–Crippen LogP) is 1.04. The van der Waals surface area contributed by atoms with Crippen LogP contribution >= 0.6 is 0 Å². The summed E-state index contributed by atoms with van der Waals surface area (Å²) >= 11 is 0. The van der Waals surface area contributed by atoms with Crippen LogP contribution in [-0.4, -0.2) is 41.1 Å². The van der Waals surface area contributed by atoms with Gasteiger partial charge in [0, 0.05) is 28.9 Å². The molecule has 0 aliphatic rings. The van der Waals surface area contributed by atoms with E-state index in [1.165, 1.54) is 6.26 Å². The van der Waals surface area contributed by atoms with Crippen molar-refractivity contribution in [1.29, 1.82) is 0 Å². The molecule has 0 aromatic heterocycles. The molecule has 0 aromatic rings. The van der Waals surface area contributed by atoms with Crippen LogP contribution in [0.1, 0.15) is 6.92 Å². The molecule has 4 nitrogen and oxygen atoms in total. The average Bonchev–Trinajstić information content (AvgIpc) is 2.09. The molecular formula is C7H12F3NO3S. The van der Waals surface area contributed by atoms with Crippen molar-refractivity contribution >= 4 is 16.9 Å². The molecule has 15 heavy (non-hydrogen) atoms. The highest BCUT2D eigenvalue weighted by Crippen LogP contribution is 2.14. The zero-order valence-corrected chi connectivity index (χ0v) is 9.07. The fourth-order valence-corrected chi connectivity index (χ4v) is 0.861. The Morgan fingerprint density at radius 2 is 2.07 bits per heavy atom. The lowest BCUT2D eigenvalue weighted by Gasteiger charge is -2.11. The molecule has 8 heteroatoms. The first kappa shape index (κ1) is 14.2. The van der Waals surface area contributed by atoms with E-state index in [9.17, 15) is 22.2 Å². The van der Waals surface area contributed by atoms with Gasteiger partial charge in [0.2, 0.25) is 0 Å². The number of carbonyl (C=O) groups excluding carboxylic acids is 1. The molecule has 0 aromatic carbocycles. The Labute approximate surface area is 87.6 Å². The second-order valence-corrected chi connectivity index (χ2v) is 4.68. The molecule has 2 unspecified atom stereocenters. The van der Waals surface area contributed by atoms with Crippen LogP contribution in [-0.2, 0) is 15.5 Å². The normalized spacial score (nSPS) is 15.5. The standard InChI is InChI=1S/C7H12F3NO3S/c1-5(15(2)13)3-11-6(12)14-4-7(8,9)10/h5H,3-4H2,1-2H3,(H,11,12). The van der Waals surface area contributed by atoms with Crippen molar-refractivity contribution in [3.63, 3.8) is 0 Å². The summed E-state index contributed by atoms with van der Waals surface area (Å²) < 4.78 is 49.4. The number of hydrogen-bond acceptors (Lipinski definition) is 3. The number of nitrogens with one attached hydrogen (secondary N) is 1. The number of rotatable bonds is 4. The van der Waals surface area contributed by atoms with Gasteiger partial charge in [0.05, 0.1) is 0 Å². The molecule has 2 atom stereocenters. The van der Waals surface area contributed by atoms with Gasteiger partial charge >= 0.3 is 12.3 Å². The van der Waals surface area contributed by atoms with Gasteiger partial charge in [-0.05, 0) is 6.92 Å². The number of carbonyl (C=O) groups is 1. The topological polar surface area (TPSA) is 55.4 Å². The average molecular weight is 247 g/mol. The maximum atomic E-state index is 11.6. The molecule has 90 valence electrons. The Kier molecular flexibility index (Phi) is 5.63. The second-order valence-electron chi connectivity index (χ2n) is 2.88. The van der Waals surface area contributed by atoms with Crippen LogP contribution < -0.4 is 5.32 Å². The fourth-order valence-electron chi connectivity index (χ4n) is 0.543. The largest absolute Gasteiger partial charge is 0.440 e. The fraction of sp³-hybridized carbons (Fsp3) is 0.857. The van der Waals surface area contributed by atoms with Crippen molar-refractivity contribution in [1.82, 2.24) is 5.32 Å². The number of hydrogen-bond donors (Lipinski definition) is 1. The monoisotopic (exact) mass is 247 g/mol. The van der Waals surface area contributed by atoms with E-state index in [-0.39, 0.29) is 11.8 Å². The SMILES string of the molecule is CC(CNC(=O)OCC(F)(F)F)S(C)=O. The van der Waals surface area contributed by atoms with Crippen molar-refractivity contribution in [2.24, 2.45) is 0 Å². The molecule has 0 radical (unpaired) electrons. The minimum Gasteiger partial charge on any atom is -0.440 e. The van der Waals surface area contributed by atoms with Crippen LogP contribution in [0.2, 0.25) is 0 Å². The van der Waals surface area contributed by atoms with E-state index in [1.54, 1.807) is 6.92 Å². The number of ether oxygens (including phenoxy) is 1. The van der Waals surface area contributed by atoms with Crippen molar-refractivity contribution in [2.45, 2.75) is 18.3 Å². The highest BCUT2D eigenvalue weighted by molar-refractivity contribution is 7.84. The molecule has 0 saturated carbocycles. The maximum absolute atomic E-state index is 11.6. The molecule has 0 bridgehead atoms. The van der Waals surface area contributed by atoms with Crippen LogP contribution in [0.5, 0.6) is 0 Å². The van der Waals surface area contributed by atoms with E-state index in [2.05, 4.69) is 10.1 Å². The van der Waals surface area contributed by atoms with Gasteiger partial charge in [0.15, 0.2) is 6.61 Å². The van der Waals surface area contributed by atoms with Gasteiger partial charge in [0.1, 0.15) is 0 Å². The first-order chi connectivity index (χ1) is 6.72. The zero-order chi connectivity index (χ0) is 12.1. The highest BCUT2D eigenvalue weighted by Gasteiger charge is 2.29. The van der Waals surface area contributed by atoms with Gasteiger partial charge in [-0.2, -0.15) is 13.2 Å². The van der Waals surface area contributed by atoms with Crippen LogP contribution in [0.3, 0.4) is 0 Å². The highest BCUT2D eigenvalue weighted by atomic mass is 32.2. The molecule has 0 aliphatic carbocycles. The second kappa shape index (κ2) is 5.94. The summed E-state index contributed by atoms with van der Waals surface area (Å²) in [6, 6.07) is 0. The lowest BCUT2D eigenvalue weighted by atomic mass is 10.5. The molecule has 0 rings (SSSR count). The van der Waals surface area contributed by atoms with Crippen molar-refractivity contribution in [3.8, 4) is 0 Å².